The summed E-state index contributed by atoms with van der Waals surface area (Å²) in [6, 6.07) is 9.87. The van der Waals surface area contributed by atoms with Crippen LogP contribution in [0.3, 0.4) is 0 Å². The minimum absolute atomic E-state index is 0.0123. The van der Waals surface area contributed by atoms with Crippen LogP contribution in [0.5, 0.6) is 0 Å². The first-order valence-corrected chi connectivity index (χ1v) is 5.77. The van der Waals surface area contributed by atoms with Crippen molar-refractivity contribution in [2.45, 2.75) is 25.7 Å². The lowest BCUT2D eigenvalue weighted by Crippen LogP contribution is -2.25. The highest BCUT2D eigenvalue weighted by atomic mass is 16.2. The molecule has 0 spiro atoms. The van der Waals surface area contributed by atoms with Crippen molar-refractivity contribution >= 4 is 11.8 Å². The molecule has 0 radical (unpaired) electrons. The highest BCUT2D eigenvalue weighted by Crippen LogP contribution is 2.01. The van der Waals surface area contributed by atoms with Crippen molar-refractivity contribution in [1.82, 2.24) is 5.32 Å². The van der Waals surface area contributed by atoms with Gasteiger partial charge in [-0.25, -0.2) is 0 Å². The highest BCUT2D eigenvalue weighted by molar-refractivity contribution is 5.76. The van der Waals surface area contributed by atoms with Gasteiger partial charge in [0.1, 0.15) is 0 Å². The van der Waals surface area contributed by atoms with Crippen LogP contribution in [0.2, 0.25) is 0 Å². The number of hydrogen-bond acceptors (Lipinski definition) is 2. The Kier molecular flexibility index (Phi) is 5.79. The number of benzene rings is 1. The molecule has 1 aromatic carbocycles. The van der Waals surface area contributed by atoms with Gasteiger partial charge in [-0.2, -0.15) is 0 Å². The average Bonchev–Trinajstić information content (AvgIpc) is 2.33. The molecule has 2 amide bonds. The molecule has 0 aromatic heterocycles. The summed E-state index contributed by atoms with van der Waals surface area (Å²) in [7, 11) is 0. The lowest BCUT2D eigenvalue weighted by Gasteiger charge is -2.04. The molecule has 0 atom stereocenters. The Morgan fingerprint density at radius 2 is 1.82 bits per heavy atom. The maximum Gasteiger partial charge on any atom is 0.220 e. The monoisotopic (exact) mass is 234 g/mol. The molecule has 1 aromatic rings. The zero-order valence-corrected chi connectivity index (χ0v) is 9.82. The Balaban J connectivity index is 2.11. The van der Waals surface area contributed by atoms with Gasteiger partial charge in [0.2, 0.25) is 11.8 Å². The van der Waals surface area contributed by atoms with Crippen molar-refractivity contribution in [2.75, 3.05) is 6.54 Å². The lowest BCUT2D eigenvalue weighted by molar-refractivity contribution is -0.121. The van der Waals surface area contributed by atoms with Crippen molar-refractivity contribution in [3.05, 3.63) is 35.9 Å². The van der Waals surface area contributed by atoms with E-state index >= 15 is 0 Å². The molecule has 1 rings (SSSR count). The number of aryl methyl sites for hydroxylation is 1. The zero-order valence-electron chi connectivity index (χ0n) is 9.82. The number of primary amides is 1. The fourth-order valence-corrected chi connectivity index (χ4v) is 1.48. The van der Waals surface area contributed by atoms with Crippen LogP contribution in [0.1, 0.15) is 24.8 Å². The molecule has 3 N–H and O–H groups in total. The Labute approximate surface area is 101 Å². The van der Waals surface area contributed by atoms with Crippen LogP contribution in [0.15, 0.2) is 30.3 Å². The predicted octanol–water partition coefficient (Wildman–Crippen LogP) is 1.00. The van der Waals surface area contributed by atoms with Crippen molar-refractivity contribution in [3.8, 4) is 0 Å². The minimum atomic E-state index is -0.330. The number of hydrogen-bond donors (Lipinski definition) is 2. The molecule has 17 heavy (non-hydrogen) atoms. The number of amides is 2. The SMILES string of the molecule is NC(=O)CCCNC(=O)CCc1ccccc1. The third kappa shape index (κ3) is 6.35. The Bertz CT molecular complexity index is 363. The van der Waals surface area contributed by atoms with Crippen LogP contribution in [0.25, 0.3) is 0 Å². The first-order chi connectivity index (χ1) is 8.18. The summed E-state index contributed by atoms with van der Waals surface area (Å²) in [5.74, 6) is -0.318. The molecule has 0 aliphatic heterocycles. The molecular formula is C13H18N2O2. The van der Waals surface area contributed by atoms with E-state index in [1.54, 1.807) is 0 Å². The molecule has 92 valence electrons. The van der Waals surface area contributed by atoms with E-state index in [2.05, 4.69) is 5.32 Å². The van der Waals surface area contributed by atoms with Gasteiger partial charge in [0.15, 0.2) is 0 Å². The number of rotatable bonds is 7. The Morgan fingerprint density at radius 3 is 2.47 bits per heavy atom. The van der Waals surface area contributed by atoms with E-state index in [0.717, 1.165) is 12.0 Å². The molecule has 0 bridgehead atoms. The van der Waals surface area contributed by atoms with Crippen molar-refractivity contribution in [2.24, 2.45) is 5.73 Å². The summed E-state index contributed by atoms with van der Waals surface area (Å²) in [5.41, 5.74) is 6.14. The van der Waals surface area contributed by atoms with Crippen LogP contribution in [-0.2, 0) is 16.0 Å². The summed E-state index contributed by atoms with van der Waals surface area (Å²) in [6.45, 7) is 0.510. The minimum Gasteiger partial charge on any atom is -0.370 e. The molecule has 4 nitrogen and oxygen atoms in total. The molecule has 0 aliphatic rings. The smallest absolute Gasteiger partial charge is 0.220 e. The van der Waals surface area contributed by atoms with Gasteiger partial charge in [-0.15, -0.1) is 0 Å². The van der Waals surface area contributed by atoms with Crippen LogP contribution < -0.4 is 11.1 Å². The van der Waals surface area contributed by atoms with Gasteiger partial charge < -0.3 is 11.1 Å². The summed E-state index contributed by atoms with van der Waals surface area (Å²) < 4.78 is 0. The number of carbonyl (C=O) groups is 2. The first kappa shape index (κ1) is 13.2. The van der Waals surface area contributed by atoms with Crippen molar-refractivity contribution in [3.63, 3.8) is 0 Å². The van der Waals surface area contributed by atoms with E-state index in [1.165, 1.54) is 0 Å². The van der Waals surface area contributed by atoms with Gasteiger partial charge in [0.05, 0.1) is 0 Å². The summed E-state index contributed by atoms with van der Waals surface area (Å²) in [4.78, 5) is 21.9. The molecule has 4 heteroatoms. The fraction of sp³-hybridized carbons (Fsp3) is 0.385. The summed E-state index contributed by atoms with van der Waals surface area (Å²) in [6.07, 6.45) is 2.13. The van der Waals surface area contributed by atoms with Crippen molar-refractivity contribution < 1.29 is 9.59 Å². The van der Waals surface area contributed by atoms with Crippen LogP contribution in [0.4, 0.5) is 0 Å². The van der Waals surface area contributed by atoms with E-state index in [-0.39, 0.29) is 11.8 Å². The maximum atomic E-state index is 11.4. The van der Waals surface area contributed by atoms with E-state index < -0.39 is 0 Å². The normalized spacial score (nSPS) is 9.88. The number of nitrogens with one attached hydrogen (secondary N) is 1. The second kappa shape index (κ2) is 7.44. The highest BCUT2D eigenvalue weighted by Gasteiger charge is 2.01. The fourth-order valence-electron chi connectivity index (χ4n) is 1.48. The molecule has 0 saturated carbocycles. The Morgan fingerprint density at radius 1 is 1.12 bits per heavy atom. The van der Waals surface area contributed by atoms with Crippen molar-refractivity contribution in [1.29, 1.82) is 0 Å². The molecular weight excluding hydrogens is 216 g/mol. The van der Waals surface area contributed by atoms with Crippen LogP contribution in [-0.4, -0.2) is 18.4 Å². The number of carbonyl (C=O) groups excluding carboxylic acids is 2. The van der Waals surface area contributed by atoms with E-state index in [1.807, 2.05) is 30.3 Å². The Hall–Kier alpha value is -1.84. The number of nitrogens with two attached hydrogens (primary N) is 1. The largest absolute Gasteiger partial charge is 0.370 e. The van der Waals surface area contributed by atoms with Crippen LogP contribution in [0, 0.1) is 0 Å². The van der Waals surface area contributed by atoms with E-state index in [9.17, 15) is 9.59 Å². The van der Waals surface area contributed by atoms with Crippen LogP contribution >= 0.6 is 0 Å². The third-order valence-corrected chi connectivity index (χ3v) is 2.41. The summed E-state index contributed by atoms with van der Waals surface area (Å²) >= 11 is 0. The molecule has 0 fully saturated rings. The third-order valence-electron chi connectivity index (χ3n) is 2.41. The zero-order chi connectivity index (χ0) is 12.5. The van der Waals surface area contributed by atoms with Gasteiger partial charge >= 0.3 is 0 Å². The van der Waals surface area contributed by atoms with Gasteiger partial charge in [0.25, 0.3) is 0 Å². The van der Waals surface area contributed by atoms with Gasteiger partial charge in [0, 0.05) is 19.4 Å². The molecule has 0 heterocycles. The average molecular weight is 234 g/mol. The second-order valence-corrected chi connectivity index (χ2v) is 3.91. The van der Waals surface area contributed by atoms with Gasteiger partial charge in [-0.05, 0) is 18.4 Å². The molecule has 0 unspecified atom stereocenters. The topological polar surface area (TPSA) is 72.2 Å². The van der Waals surface area contributed by atoms with Gasteiger partial charge in [-0.1, -0.05) is 30.3 Å². The van der Waals surface area contributed by atoms with E-state index in [4.69, 9.17) is 5.73 Å². The quantitative estimate of drug-likeness (QED) is 0.691. The standard InChI is InChI=1S/C13H18N2O2/c14-12(16)7-4-10-15-13(17)9-8-11-5-2-1-3-6-11/h1-3,5-6H,4,7-10H2,(H2,14,16)(H,15,17). The lowest BCUT2D eigenvalue weighted by atomic mass is 10.1. The predicted molar refractivity (Wildman–Crippen MR) is 66.2 cm³/mol. The van der Waals surface area contributed by atoms with E-state index in [0.29, 0.717) is 25.8 Å². The molecule has 0 saturated heterocycles. The second-order valence-electron chi connectivity index (χ2n) is 3.91. The first-order valence-electron chi connectivity index (χ1n) is 5.77. The van der Waals surface area contributed by atoms with Gasteiger partial charge in [-0.3, -0.25) is 9.59 Å². The maximum absolute atomic E-state index is 11.4. The molecule has 0 aliphatic carbocycles. The summed E-state index contributed by atoms with van der Waals surface area (Å²) in [5, 5.41) is 2.76.